The number of aromatic nitrogens is 1. The van der Waals surface area contributed by atoms with Gasteiger partial charge in [0.2, 0.25) is 0 Å². The summed E-state index contributed by atoms with van der Waals surface area (Å²) in [7, 11) is 0. The summed E-state index contributed by atoms with van der Waals surface area (Å²) >= 11 is 5.34. The first-order chi connectivity index (χ1) is 8.33. The molecule has 0 amide bonds. The quantitative estimate of drug-likeness (QED) is 0.671. The molecule has 0 spiro atoms. The smallest absolute Gasteiger partial charge is 0.0982 e. The van der Waals surface area contributed by atoms with Crippen molar-refractivity contribution >= 4 is 37.5 Å². The lowest BCUT2D eigenvalue weighted by Crippen LogP contribution is -1.87. The summed E-state index contributed by atoms with van der Waals surface area (Å²) in [5.74, 6) is 0. The molecule has 0 N–H and O–H groups in total. The normalized spacial score (nSPS) is 10.9. The minimum Gasteiger partial charge on any atom is -0.241 e. The molecular weight excluding hydrogens is 294 g/mol. The van der Waals surface area contributed by atoms with Crippen molar-refractivity contribution in [3.05, 3.63) is 63.6 Å². The van der Waals surface area contributed by atoms with Crippen molar-refractivity contribution < 1.29 is 0 Å². The molecular formula is C14H10BrNS. The first-order valence-corrected chi connectivity index (χ1v) is 7.02. The molecule has 1 nitrogen and oxygen atoms in total. The van der Waals surface area contributed by atoms with Gasteiger partial charge < -0.3 is 0 Å². The summed E-state index contributed by atoms with van der Waals surface area (Å²) in [6, 6.07) is 16.6. The van der Waals surface area contributed by atoms with Gasteiger partial charge >= 0.3 is 0 Å². The standard InChI is InChI=1S/C14H10BrNS/c15-11-6-2-1-5-10(11)9-14-16-12-7-3-4-8-13(12)17-14/h1-8H,9H2. The molecule has 17 heavy (non-hydrogen) atoms. The highest BCUT2D eigenvalue weighted by Crippen LogP contribution is 2.26. The third-order valence-corrected chi connectivity index (χ3v) is 4.45. The Kier molecular flexibility index (Phi) is 2.95. The van der Waals surface area contributed by atoms with Crippen LogP contribution in [0.15, 0.2) is 53.0 Å². The van der Waals surface area contributed by atoms with Crippen LogP contribution < -0.4 is 0 Å². The molecule has 0 aliphatic heterocycles. The number of nitrogens with zero attached hydrogens (tertiary/aromatic N) is 1. The highest BCUT2D eigenvalue weighted by molar-refractivity contribution is 9.10. The van der Waals surface area contributed by atoms with E-state index in [9.17, 15) is 0 Å². The van der Waals surface area contributed by atoms with Gasteiger partial charge in [0.05, 0.1) is 15.2 Å². The van der Waals surface area contributed by atoms with Crippen molar-refractivity contribution in [3.63, 3.8) is 0 Å². The molecule has 3 aromatic rings. The molecule has 3 rings (SSSR count). The Morgan fingerprint density at radius 1 is 1.00 bits per heavy atom. The van der Waals surface area contributed by atoms with Crippen LogP contribution in [0.2, 0.25) is 0 Å². The van der Waals surface area contributed by atoms with E-state index in [4.69, 9.17) is 0 Å². The Balaban J connectivity index is 1.98. The number of thiazole rings is 1. The Hall–Kier alpha value is -1.19. The Labute approximate surface area is 112 Å². The second-order valence-corrected chi connectivity index (χ2v) is 5.81. The van der Waals surface area contributed by atoms with Gasteiger partial charge in [-0.3, -0.25) is 0 Å². The van der Waals surface area contributed by atoms with E-state index >= 15 is 0 Å². The van der Waals surface area contributed by atoms with Crippen LogP contribution in [0.25, 0.3) is 10.2 Å². The van der Waals surface area contributed by atoms with E-state index in [1.807, 2.05) is 12.1 Å². The molecule has 0 saturated heterocycles. The third-order valence-electron chi connectivity index (χ3n) is 2.64. The van der Waals surface area contributed by atoms with Crippen molar-refractivity contribution in [3.8, 4) is 0 Å². The van der Waals surface area contributed by atoms with Gasteiger partial charge in [-0.05, 0) is 23.8 Å². The highest BCUT2D eigenvalue weighted by atomic mass is 79.9. The fourth-order valence-corrected chi connectivity index (χ4v) is 3.22. The molecule has 3 heteroatoms. The highest BCUT2D eigenvalue weighted by Gasteiger charge is 2.05. The van der Waals surface area contributed by atoms with Crippen LogP contribution in [0.1, 0.15) is 10.6 Å². The second kappa shape index (κ2) is 4.59. The number of benzene rings is 2. The van der Waals surface area contributed by atoms with Crippen molar-refractivity contribution in [2.75, 3.05) is 0 Å². The largest absolute Gasteiger partial charge is 0.241 e. The molecule has 0 radical (unpaired) electrons. The maximum atomic E-state index is 4.65. The number of halogens is 1. The maximum absolute atomic E-state index is 4.65. The molecule has 1 aromatic heterocycles. The molecule has 2 aromatic carbocycles. The molecule has 0 saturated carbocycles. The molecule has 0 fully saturated rings. The van der Waals surface area contributed by atoms with E-state index in [-0.39, 0.29) is 0 Å². The van der Waals surface area contributed by atoms with Crippen LogP contribution in [-0.4, -0.2) is 4.98 Å². The molecule has 0 unspecified atom stereocenters. The molecule has 84 valence electrons. The number of para-hydroxylation sites is 1. The molecule has 0 atom stereocenters. The van der Waals surface area contributed by atoms with Gasteiger partial charge in [-0.15, -0.1) is 11.3 Å². The van der Waals surface area contributed by atoms with Gasteiger partial charge in [0.25, 0.3) is 0 Å². The molecule has 0 bridgehead atoms. The fourth-order valence-electron chi connectivity index (χ4n) is 1.80. The van der Waals surface area contributed by atoms with Crippen molar-refractivity contribution in [1.82, 2.24) is 4.98 Å². The average Bonchev–Trinajstić information content (AvgIpc) is 2.74. The van der Waals surface area contributed by atoms with Crippen LogP contribution in [0.4, 0.5) is 0 Å². The summed E-state index contributed by atoms with van der Waals surface area (Å²) in [6.07, 6.45) is 0.890. The van der Waals surface area contributed by atoms with Crippen LogP contribution >= 0.6 is 27.3 Å². The lowest BCUT2D eigenvalue weighted by Gasteiger charge is -2.00. The van der Waals surface area contributed by atoms with Gasteiger partial charge in [0.15, 0.2) is 0 Å². The summed E-state index contributed by atoms with van der Waals surface area (Å²) in [5, 5.41) is 1.16. The predicted molar refractivity (Wildman–Crippen MR) is 76.6 cm³/mol. The average molecular weight is 304 g/mol. The first-order valence-electron chi connectivity index (χ1n) is 5.41. The minimum absolute atomic E-state index is 0.890. The Morgan fingerprint density at radius 3 is 2.59 bits per heavy atom. The van der Waals surface area contributed by atoms with Crippen LogP contribution in [0, 0.1) is 0 Å². The molecule has 0 aliphatic carbocycles. The van der Waals surface area contributed by atoms with E-state index in [0.29, 0.717) is 0 Å². The minimum atomic E-state index is 0.890. The maximum Gasteiger partial charge on any atom is 0.0982 e. The lowest BCUT2D eigenvalue weighted by molar-refractivity contribution is 1.14. The molecule has 1 heterocycles. The Bertz CT molecular complexity index is 627. The van der Waals surface area contributed by atoms with Crippen molar-refractivity contribution in [1.29, 1.82) is 0 Å². The zero-order valence-electron chi connectivity index (χ0n) is 9.06. The van der Waals surface area contributed by atoms with E-state index in [1.54, 1.807) is 11.3 Å². The van der Waals surface area contributed by atoms with E-state index < -0.39 is 0 Å². The zero-order chi connectivity index (χ0) is 11.7. The van der Waals surface area contributed by atoms with Crippen LogP contribution in [0.3, 0.4) is 0 Å². The van der Waals surface area contributed by atoms with Crippen LogP contribution in [-0.2, 0) is 6.42 Å². The van der Waals surface area contributed by atoms with E-state index in [0.717, 1.165) is 21.4 Å². The number of fused-ring (bicyclic) bond motifs is 1. The molecule has 0 aliphatic rings. The summed E-state index contributed by atoms with van der Waals surface area (Å²) < 4.78 is 2.41. The lowest BCUT2D eigenvalue weighted by atomic mass is 10.2. The second-order valence-electron chi connectivity index (χ2n) is 3.84. The van der Waals surface area contributed by atoms with E-state index in [1.165, 1.54) is 10.3 Å². The van der Waals surface area contributed by atoms with Gasteiger partial charge in [0, 0.05) is 10.9 Å². The predicted octanol–water partition coefficient (Wildman–Crippen LogP) is 4.65. The number of rotatable bonds is 2. The zero-order valence-corrected chi connectivity index (χ0v) is 11.5. The monoisotopic (exact) mass is 303 g/mol. The van der Waals surface area contributed by atoms with Gasteiger partial charge in [-0.1, -0.05) is 46.3 Å². The third kappa shape index (κ3) is 2.26. The van der Waals surface area contributed by atoms with Gasteiger partial charge in [-0.2, -0.15) is 0 Å². The number of hydrogen-bond donors (Lipinski definition) is 0. The van der Waals surface area contributed by atoms with Gasteiger partial charge in [0.1, 0.15) is 0 Å². The van der Waals surface area contributed by atoms with Crippen molar-refractivity contribution in [2.45, 2.75) is 6.42 Å². The van der Waals surface area contributed by atoms with Crippen LogP contribution in [0.5, 0.6) is 0 Å². The van der Waals surface area contributed by atoms with Crippen molar-refractivity contribution in [2.24, 2.45) is 0 Å². The van der Waals surface area contributed by atoms with E-state index in [2.05, 4.69) is 57.3 Å². The summed E-state index contributed by atoms with van der Waals surface area (Å²) in [6.45, 7) is 0. The SMILES string of the molecule is Brc1ccccc1Cc1nc2ccccc2s1. The Morgan fingerprint density at radius 2 is 1.76 bits per heavy atom. The topological polar surface area (TPSA) is 12.9 Å². The fraction of sp³-hybridized carbons (Fsp3) is 0.0714. The summed E-state index contributed by atoms with van der Waals surface area (Å²) in [4.78, 5) is 4.65. The number of hydrogen-bond acceptors (Lipinski definition) is 2. The first kappa shape index (κ1) is 10.9. The summed E-state index contributed by atoms with van der Waals surface area (Å²) in [5.41, 5.74) is 2.38. The van der Waals surface area contributed by atoms with Gasteiger partial charge in [-0.25, -0.2) is 4.98 Å².